The number of amides is 2. The monoisotopic (exact) mass is 383 g/mol. The quantitative estimate of drug-likeness (QED) is 0.851. The van der Waals surface area contributed by atoms with Crippen LogP contribution in [0.25, 0.3) is 0 Å². The van der Waals surface area contributed by atoms with E-state index in [-0.39, 0.29) is 11.8 Å². The Kier molecular flexibility index (Phi) is 5.27. The highest BCUT2D eigenvalue weighted by molar-refractivity contribution is 7.14. The van der Waals surface area contributed by atoms with Crippen LogP contribution >= 0.6 is 11.3 Å². The molecule has 0 unspecified atom stereocenters. The van der Waals surface area contributed by atoms with Crippen LogP contribution in [0.15, 0.2) is 29.6 Å². The molecule has 0 radical (unpaired) electrons. The lowest BCUT2D eigenvalue weighted by Gasteiger charge is -2.31. The second-order valence-electron chi connectivity index (χ2n) is 7.31. The lowest BCUT2D eigenvalue weighted by atomic mass is 10.0. The molecular weight excluding hydrogens is 358 g/mol. The Balaban J connectivity index is 1.46. The zero-order chi connectivity index (χ0) is 18.8. The highest BCUT2D eigenvalue weighted by Gasteiger charge is 2.25. The zero-order valence-electron chi connectivity index (χ0n) is 15.6. The Labute approximate surface area is 163 Å². The Morgan fingerprint density at radius 1 is 1.11 bits per heavy atom. The molecule has 4 rings (SSSR count). The number of carbonyl (C=O) groups excluding carboxylic acids is 2. The Hall–Kier alpha value is -2.18. The number of piperidine rings is 1. The molecule has 2 N–H and O–H groups in total. The van der Waals surface area contributed by atoms with E-state index in [1.165, 1.54) is 22.5 Å². The molecule has 1 fully saturated rings. The second-order valence-corrected chi connectivity index (χ2v) is 8.23. The number of aryl methyl sites for hydroxylation is 2. The third-order valence-electron chi connectivity index (χ3n) is 5.67. The number of rotatable bonds is 4. The Morgan fingerprint density at radius 2 is 1.89 bits per heavy atom. The highest BCUT2D eigenvalue weighted by Crippen LogP contribution is 2.28. The SMILES string of the molecule is CNC1CCN(C(=O)c2ccsc2NC(=O)c2ccc3c(c2)CCC3)CC1. The molecule has 1 aromatic heterocycles. The van der Waals surface area contributed by atoms with Crippen molar-refractivity contribution >= 4 is 28.2 Å². The van der Waals surface area contributed by atoms with E-state index in [0.29, 0.717) is 22.2 Å². The maximum Gasteiger partial charge on any atom is 0.256 e. The fraction of sp³-hybridized carbons (Fsp3) is 0.429. The summed E-state index contributed by atoms with van der Waals surface area (Å²) in [7, 11) is 1.97. The van der Waals surface area contributed by atoms with Gasteiger partial charge in [-0.05, 0) is 73.9 Å². The van der Waals surface area contributed by atoms with Crippen molar-refractivity contribution in [2.75, 3.05) is 25.5 Å². The number of nitrogens with one attached hydrogen (secondary N) is 2. The summed E-state index contributed by atoms with van der Waals surface area (Å²) in [5.74, 6) is -0.134. The van der Waals surface area contributed by atoms with Gasteiger partial charge in [-0.15, -0.1) is 11.3 Å². The first-order valence-corrected chi connectivity index (χ1v) is 10.5. The van der Waals surface area contributed by atoms with Gasteiger partial charge in [0, 0.05) is 24.7 Å². The molecule has 27 heavy (non-hydrogen) atoms. The van der Waals surface area contributed by atoms with Crippen LogP contribution in [0.4, 0.5) is 5.00 Å². The van der Waals surface area contributed by atoms with Crippen LogP contribution in [0.5, 0.6) is 0 Å². The van der Waals surface area contributed by atoms with E-state index < -0.39 is 0 Å². The molecule has 2 amide bonds. The predicted octanol–water partition coefficient (Wildman–Crippen LogP) is 3.31. The first-order valence-electron chi connectivity index (χ1n) is 9.63. The summed E-state index contributed by atoms with van der Waals surface area (Å²) in [5, 5.41) is 8.74. The summed E-state index contributed by atoms with van der Waals surface area (Å²) in [6, 6.07) is 8.24. The van der Waals surface area contributed by atoms with E-state index >= 15 is 0 Å². The number of anilines is 1. The van der Waals surface area contributed by atoms with Crippen molar-refractivity contribution in [1.82, 2.24) is 10.2 Å². The van der Waals surface area contributed by atoms with Crippen LogP contribution in [-0.2, 0) is 12.8 Å². The molecule has 0 atom stereocenters. The molecule has 0 saturated carbocycles. The van der Waals surface area contributed by atoms with E-state index in [2.05, 4.69) is 16.7 Å². The molecule has 2 aromatic rings. The fourth-order valence-electron chi connectivity index (χ4n) is 4.00. The van der Waals surface area contributed by atoms with Gasteiger partial charge in [-0.25, -0.2) is 0 Å². The molecule has 2 heterocycles. The van der Waals surface area contributed by atoms with Gasteiger partial charge < -0.3 is 15.5 Å². The summed E-state index contributed by atoms with van der Waals surface area (Å²) in [5.41, 5.74) is 3.88. The first-order chi connectivity index (χ1) is 13.2. The number of thiophene rings is 1. The second kappa shape index (κ2) is 7.82. The average Bonchev–Trinajstić information content (AvgIpc) is 3.36. The molecule has 142 valence electrons. The molecule has 1 saturated heterocycles. The number of carbonyl (C=O) groups is 2. The third kappa shape index (κ3) is 3.77. The van der Waals surface area contributed by atoms with E-state index in [4.69, 9.17) is 0 Å². The number of nitrogens with zero attached hydrogens (tertiary/aromatic N) is 1. The summed E-state index contributed by atoms with van der Waals surface area (Å²) in [6.07, 6.45) is 5.23. The number of hydrogen-bond donors (Lipinski definition) is 2. The number of hydrogen-bond acceptors (Lipinski definition) is 4. The normalized spacial score (nSPS) is 17.0. The summed E-state index contributed by atoms with van der Waals surface area (Å²) in [4.78, 5) is 27.5. The van der Waals surface area contributed by atoms with E-state index in [0.717, 1.165) is 45.2 Å². The minimum absolute atomic E-state index is 0.00931. The number of fused-ring (bicyclic) bond motifs is 1. The molecule has 1 aromatic carbocycles. The summed E-state index contributed by atoms with van der Waals surface area (Å²) in [6.45, 7) is 1.50. The first kappa shape index (κ1) is 18.2. The lowest BCUT2D eigenvalue weighted by Crippen LogP contribution is -2.44. The maximum atomic E-state index is 12.9. The smallest absolute Gasteiger partial charge is 0.256 e. The minimum Gasteiger partial charge on any atom is -0.338 e. The van der Waals surface area contributed by atoms with Crippen LogP contribution in [0, 0.1) is 0 Å². The van der Waals surface area contributed by atoms with Gasteiger partial charge >= 0.3 is 0 Å². The van der Waals surface area contributed by atoms with Gasteiger partial charge in [0.15, 0.2) is 0 Å². The predicted molar refractivity (Wildman–Crippen MR) is 109 cm³/mol. The van der Waals surface area contributed by atoms with Gasteiger partial charge in [-0.1, -0.05) is 6.07 Å². The molecule has 1 aliphatic heterocycles. The average molecular weight is 384 g/mol. The van der Waals surface area contributed by atoms with Gasteiger partial charge in [0.2, 0.25) is 0 Å². The molecule has 5 nitrogen and oxygen atoms in total. The Morgan fingerprint density at radius 3 is 2.67 bits per heavy atom. The molecule has 2 aliphatic rings. The van der Waals surface area contributed by atoms with Crippen molar-refractivity contribution in [3.63, 3.8) is 0 Å². The van der Waals surface area contributed by atoms with Crippen LogP contribution in [-0.4, -0.2) is 42.9 Å². The summed E-state index contributed by atoms with van der Waals surface area (Å²) >= 11 is 1.40. The topological polar surface area (TPSA) is 61.4 Å². The molecule has 0 spiro atoms. The number of benzene rings is 1. The van der Waals surface area contributed by atoms with Crippen molar-refractivity contribution in [2.24, 2.45) is 0 Å². The van der Waals surface area contributed by atoms with Gasteiger partial charge in [0.05, 0.1) is 5.56 Å². The van der Waals surface area contributed by atoms with Gasteiger partial charge in [0.1, 0.15) is 5.00 Å². The van der Waals surface area contributed by atoms with Crippen molar-refractivity contribution in [1.29, 1.82) is 0 Å². The van der Waals surface area contributed by atoms with Crippen LogP contribution in [0.2, 0.25) is 0 Å². The van der Waals surface area contributed by atoms with Gasteiger partial charge in [0.25, 0.3) is 11.8 Å². The van der Waals surface area contributed by atoms with Gasteiger partial charge in [-0.2, -0.15) is 0 Å². The van der Waals surface area contributed by atoms with E-state index in [1.54, 1.807) is 0 Å². The standard InChI is InChI=1S/C21H25N3O2S/c1-22-17-7-10-24(11-8-17)21(26)18-9-12-27-20(18)23-19(25)16-6-5-14-3-2-4-15(14)13-16/h5-6,9,12-13,17,22H,2-4,7-8,10-11H2,1H3,(H,23,25). The molecular formula is C21H25N3O2S. The van der Waals surface area contributed by atoms with Crippen LogP contribution < -0.4 is 10.6 Å². The van der Waals surface area contributed by atoms with Crippen molar-refractivity contribution < 1.29 is 9.59 Å². The molecule has 6 heteroatoms. The molecule has 1 aliphatic carbocycles. The van der Waals surface area contributed by atoms with Crippen LogP contribution in [0.3, 0.4) is 0 Å². The van der Waals surface area contributed by atoms with Crippen molar-refractivity contribution in [3.05, 3.63) is 51.9 Å². The lowest BCUT2D eigenvalue weighted by molar-refractivity contribution is 0.0709. The highest BCUT2D eigenvalue weighted by atomic mass is 32.1. The van der Waals surface area contributed by atoms with Crippen molar-refractivity contribution in [2.45, 2.75) is 38.1 Å². The van der Waals surface area contributed by atoms with Gasteiger partial charge in [-0.3, -0.25) is 9.59 Å². The zero-order valence-corrected chi connectivity index (χ0v) is 16.4. The van der Waals surface area contributed by atoms with Crippen LogP contribution in [0.1, 0.15) is 51.1 Å². The summed E-state index contributed by atoms with van der Waals surface area (Å²) < 4.78 is 0. The van der Waals surface area contributed by atoms with E-state index in [9.17, 15) is 9.59 Å². The molecule has 0 bridgehead atoms. The fourth-order valence-corrected chi connectivity index (χ4v) is 4.78. The Bertz CT molecular complexity index is 853. The third-order valence-corrected chi connectivity index (χ3v) is 6.50. The minimum atomic E-state index is -0.143. The van der Waals surface area contributed by atoms with Crippen molar-refractivity contribution in [3.8, 4) is 0 Å². The largest absolute Gasteiger partial charge is 0.338 e. The number of likely N-dealkylation sites (tertiary alicyclic amines) is 1. The van der Waals surface area contributed by atoms with E-state index in [1.807, 2.05) is 35.5 Å². The maximum absolute atomic E-state index is 12.9.